The van der Waals surface area contributed by atoms with Gasteiger partial charge in [-0.25, -0.2) is 8.78 Å². The molecule has 0 saturated carbocycles. The highest BCUT2D eigenvalue weighted by Crippen LogP contribution is 2.29. The number of anilines is 3. The monoisotopic (exact) mass is 485 g/mol. The van der Waals surface area contributed by atoms with Crippen LogP contribution in [0, 0.1) is 15.2 Å². The summed E-state index contributed by atoms with van der Waals surface area (Å²) in [6, 6.07) is 8.87. The van der Waals surface area contributed by atoms with Crippen LogP contribution in [0.25, 0.3) is 0 Å². The quantitative estimate of drug-likeness (QED) is 0.516. The second-order valence-electron chi connectivity index (χ2n) is 5.85. The van der Waals surface area contributed by atoms with E-state index in [0.717, 1.165) is 12.1 Å². The number of amides is 3. The molecule has 3 amide bonds. The van der Waals surface area contributed by atoms with Crippen LogP contribution < -0.4 is 15.5 Å². The van der Waals surface area contributed by atoms with Gasteiger partial charge in [0, 0.05) is 18.5 Å². The van der Waals surface area contributed by atoms with E-state index in [1.165, 1.54) is 27.5 Å². The fourth-order valence-corrected chi connectivity index (χ4v) is 2.97. The smallest absolute Gasteiger partial charge is 0.244 e. The van der Waals surface area contributed by atoms with Crippen molar-refractivity contribution >= 4 is 57.4 Å². The van der Waals surface area contributed by atoms with E-state index in [9.17, 15) is 23.2 Å². The highest BCUT2D eigenvalue weighted by molar-refractivity contribution is 14.1. The molecule has 0 aliphatic carbocycles. The lowest BCUT2D eigenvalue weighted by atomic mass is 10.1. The average molecular weight is 485 g/mol. The molecule has 6 nitrogen and oxygen atoms in total. The van der Waals surface area contributed by atoms with Gasteiger partial charge in [0.25, 0.3) is 0 Å². The minimum Gasteiger partial charge on any atom is -0.326 e. The van der Waals surface area contributed by atoms with Gasteiger partial charge in [-0.1, -0.05) is 12.1 Å². The maximum atomic E-state index is 13.5. The Balaban J connectivity index is 1.62. The van der Waals surface area contributed by atoms with Crippen LogP contribution in [0.5, 0.6) is 0 Å². The first-order chi connectivity index (χ1) is 12.8. The predicted molar refractivity (Wildman–Crippen MR) is 104 cm³/mol. The first kappa shape index (κ1) is 19.2. The molecule has 0 aromatic heterocycles. The molecule has 0 spiro atoms. The summed E-state index contributed by atoms with van der Waals surface area (Å²) < 4.78 is 26.9. The molecule has 1 heterocycles. The second-order valence-corrected chi connectivity index (χ2v) is 6.93. The molecule has 2 N–H and O–H groups in total. The van der Waals surface area contributed by atoms with E-state index in [0.29, 0.717) is 11.4 Å². The molecule has 27 heavy (non-hydrogen) atoms. The van der Waals surface area contributed by atoms with Crippen molar-refractivity contribution in [3.8, 4) is 0 Å². The molecule has 0 unspecified atom stereocenters. The molecule has 1 aliphatic rings. The van der Waals surface area contributed by atoms with Gasteiger partial charge in [0.05, 0.1) is 14.9 Å². The van der Waals surface area contributed by atoms with E-state index >= 15 is 0 Å². The SMILES string of the molecule is O=C(CCC(=O)N1CC(=O)Nc2ccccc21)Nc1cc(F)c(I)c(F)c1. The van der Waals surface area contributed by atoms with Gasteiger partial charge in [0.15, 0.2) is 0 Å². The predicted octanol–water partition coefficient (Wildman–Crippen LogP) is 3.27. The topological polar surface area (TPSA) is 78.5 Å². The van der Waals surface area contributed by atoms with Gasteiger partial charge in [0.2, 0.25) is 17.7 Å². The van der Waals surface area contributed by atoms with Crippen molar-refractivity contribution in [3.63, 3.8) is 0 Å². The van der Waals surface area contributed by atoms with Crippen molar-refractivity contribution < 1.29 is 23.2 Å². The molecule has 0 fully saturated rings. The van der Waals surface area contributed by atoms with Crippen LogP contribution in [0.1, 0.15) is 12.8 Å². The zero-order valence-electron chi connectivity index (χ0n) is 13.9. The summed E-state index contributed by atoms with van der Waals surface area (Å²) >= 11 is 1.53. The Kier molecular flexibility index (Phi) is 5.68. The number of nitrogens with zero attached hydrogens (tertiary/aromatic N) is 1. The van der Waals surface area contributed by atoms with Crippen LogP contribution in [-0.2, 0) is 14.4 Å². The zero-order valence-corrected chi connectivity index (χ0v) is 16.0. The molecule has 0 atom stereocenters. The highest BCUT2D eigenvalue weighted by atomic mass is 127. The van der Waals surface area contributed by atoms with Gasteiger partial charge in [-0.05, 0) is 46.9 Å². The summed E-state index contributed by atoms with van der Waals surface area (Å²) in [6.45, 7) is -0.134. The zero-order chi connectivity index (χ0) is 19.6. The molecule has 2 aromatic rings. The molecular formula is C18H14F2IN3O3. The number of carbonyl (C=O) groups excluding carboxylic acids is 3. The summed E-state index contributed by atoms with van der Waals surface area (Å²) in [7, 11) is 0. The highest BCUT2D eigenvalue weighted by Gasteiger charge is 2.26. The van der Waals surface area contributed by atoms with Gasteiger partial charge >= 0.3 is 0 Å². The molecule has 0 bridgehead atoms. The van der Waals surface area contributed by atoms with Gasteiger partial charge in [-0.15, -0.1) is 0 Å². The fraction of sp³-hybridized carbons (Fsp3) is 0.167. The Hall–Kier alpha value is -2.56. The van der Waals surface area contributed by atoms with Gasteiger partial charge in [-0.3, -0.25) is 14.4 Å². The molecule has 3 rings (SSSR count). The Morgan fingerprint density at radius 2 is 1.81 bits per heavy atom. The van der Waals surface area contributed by atoms with Gasteiger partial charge < -0.3 is 15.5 Å². The maximum absolute atomic E-state index is 13.5. The molecule has 140 valence electrons. The molecule has 0 saturated heterocycles. The van der Waals surface area contributed by atoms with E-state index in [1.54, 1.807) is 24.3 Å². The number of hydrogen-bond donors (Lipinski definition) is 2. The van der Waals surface area contributed by atoms with Crippen LogP contribution in [0.3, 0.4) is 0 Å². The minimum atomic E-state index is -0.780. The third kappa shape index (κ3) is 4.41. The van der Waals surface area contributed by atoms with Crippen LogP contribution in [0.4, 0.5) is 25.8 Å². The van der Waals surface area contributed by atoms with Crippen molar-refractivity contribution in [3.05, 3.63) is 51.6 Å². The first-order valence-electron chi connectivity index (χ1n) is 7.99. The average Bonchev–Trinajstić information content (AvgIpc) is 2.63. The summed E-state index contributed by atoms with van der Waals surface area (Å²) in [6.07, 6.45) is -0.336. The summed E-state index contributed by atoms with van der Waals surface area (Å²) in [5.41, 5.74) is 1.06. The Morgan fingerprint density at radius 3 is 2.52 bits per heavy atom. The lowest BCUT2D eigenvalue weighted by Crippen LogP contribution is -2.42. The van der Waals surface area contributed by atoms with E-state index in [-0.39, 0.29) is 34.6 Å². The maximum Gasteiger partial charge on any atom is 0.244 e. The largest absolute Gasteiger partial charge is 0.326 e. The van der Waals surface area contributed by atoms with E-state index in [2.05, 4.69) is 10.6 Å². The van der Waals surface area contributed by atoms with Crippen LogP contribution in [-0.4, -0.2) is 24.3 Å². The van der Waals surface area contributed by atoms with E-state index in [1.807, 2.05) is 0 Å². The summed E-state index contributed by atoms with van der Waals surface area (Å²) in [5, 5.41) is 5.04. The van der Waals surface area contributed by atoms with Gasteiger partial charge in [0.1, 0.15) is 18.2 Å². The number of nitrogens with one attached hydrogen (secondary N) is 2. The number of rotatable bonds is 4. The lowest BCUT2D eigenvalue weighted by molar-refractivity contribution is -0.124. The van der Waals surface area contributed by atoms with E-state index < -0.39 is 23.4 Å². The molecular weight excluding hydrogens is 471 g/mol. The summed E-state index contributed by atoms with van der Waals surface area (Å²) in [4.78, 5) is 37.5. The number of hydrogen-bond acceptors (Lipinski definition) is 3. The standard InChI is InChI=1S/C18H14F2IN3O3/c19-11-7-10(8-12(20)18(11)21)22-15(25)5-6-17(27)24-9-16(26)23-13-3-1-2-4-14(13)24/h1-4,7-8H,5-6,9H2,(H,22,25)(H,23,26). The van der Waals surface area contributed by atoms with Crippen molar-refractivity contribution in [1.82, 2.24) is 0 Å². The Bertz CT molecular complexity index is 913. The van der Waals surface area contributed by atoms with Crippen molar-refractivity contribution in [2.24, 2.45) is 0 Å². The van der Waals surface area contributed by atoms with Crippen LogP contribution in [0.15, 0.2) is 36.4 Å². The van der Waals surface area contributed by atoms with Crippen LogP contribution in [0.2, 0.25) is 0 Å². The minimum absolute atomic E-state index is 0.0226. The van der Waals surface area contributed by atoms with Crippen LogP contribution >= 0.6 is 22.6 Å². The Morgan fingerprint density at radius 1 is 1.15 bits per heavy atom. The number of benzene rings is 2. The molecule has 0 radical (unpaired) electrons. The first-order valence-corrected chi connectivity index (χ1v) is 9.06. The number of para-hydroxylation sites is 2. The Labute approximate surface area is 167 Å². The number of carbonyl (C=O) groups is 3. The number of halogens is 3. The molecule has 1 aliphatic heterocycles. The fourth-order valence-electron chi connectivity index (χ4n) is 2.66. The molecule has 2 aromatic carbocycles. The lowest BCUT2D eigenvalue weighted by Gasteiger charge is -2.29. The summed E-state index contributed by atoms with van der Waals surface area (Å²) in [5.74, 6) is -2.84. The van der Waals surface area contributed by atoms with Crippen molar-refractivity contribution in [1.29, 1.82) is 0 Å². The van der Waals surface area contributed by atoms with Gasteiger partial charge in [-0.2, -0.15) is 0 Å². The van der Waals surface area contributed by atoms with E-state index in [4.69, 9.17) is 0 Å². The van der Waals surface area contributed by atoms with Crippen molar-refractivity contribution in [2.45, 2.75) is 12.8 Å². The molecule has 9 heteroatoms. The third-order valence-corrected chi connectivity index (χ3v) is 4.94. The normalized spacial score (nSPS) is 13.0. The number of fused-ring (bicyclic) bond motifs is 1. The second kappa shape index (κ2) is 7.99. The van der Waals surface area contributed by atoms with Crippen molar-refractivity contribution in [2.75, 3.05) is 22.1 Å². The third-order valence-electron chi connectivity index (χ3n) is 3.91.